The minimum atomic E-state index is -3.75. The van der Waals surface area contributed by atoms with Crippen molar-refractivity contribution in [2.45, 2.75) is 10.9 Å². The standard InChI is InChI=1S/C19H22ClN3O4S/c20-16-3-1-2-15(12-16)18(23-8-10-27-11-9-23)13-22-28(25,26)17-6-4-14(5-7-17)19(21)24/h1-7,12,18,22H,8-11,13H2,(H2,21,24). The van der Waals surface area contributed by atoms with E-state index >= 15 is 0 Å². The predicted molar refractivity (Wildman–Crippen MR) is 107 cm³/mol. The molecule has 2 aromatic rings. The molecule has 3 N–H and O–H groups in total. The number of sulfonamides is 1. The van der Waals surface area contributed by atoms with Gasteiger partial charge in [-0.2, -0.15) is 0 Å². The van der Waals surface area contributed by atoms with Crippen LogP contribution in [-0.4, -0.2) is 52.1 Å². The fourth-order valence-corrected chi connectivity index (χ4v) is 4.37. The molecule has 0 bridgehead atoms. The number of nitrogens with zero attached hydrogens (tertiary/aromatic N) is 1. The number of nitrogens with one attached hydrogen (secondary N) is 1. The summed E-state index contributed by atoms with van der Waals surface area (Å²) in [5.41, 5.74) is 6.39. The van der Waals surface area contributed by atoms with Crippen molar-refractivity contribution in [2.75, 3.05) is 32.8 Å². The summed E-state index contributed by atoms with van der Waals surface area (Å²) in [4.78, 5) is 13.4. The maximum Gasteiger partial charge on any atom is 0.248 e. The van der Waals surface area contributed by atoms with E-state index in [1.54, 1.807) is 6.07 Å². The van der Waals surface area contributed by atoms with Gasteiger partial charge in [0.1, 0.15) is 0 Å². The van der Waals surface area contributed by atoms with Crippen LogP contribution in [0.1, 0.15) is 22.0 Å². The molecule has 0 aliphatic carbocycles. The van der Waals surface area contributed by atoms with Crippen molar-refractivity contribution < 1.29 is 17.9 Å². The molecule has 150 valence electrons. The lowest BCUT2D eigenvalue weighted by Gasteiger charge is -2.35. The maximum absolute atomic E-state index is 12.7. The molecule has 0 aromatic heterocycles. The molecule has 1 saturated heterocycles. The molecular weight excluding hydrogens is 402 g/mol. The van der Waals surface area contributed by atoms with Gasteiger partial charge >= 0.3 is 0 Å². The monoisotopic (exact) mass is 423 g/mol. The Morgan fingerprint density at radius 1 is 1.18 bits per heavy atom. The fourth-order valence-electron chi connectivity index (χ4n) is 3.13. The van der Waals surface area contributed by atoms with Gasteiger partial charge in [-0.1, -0.05) is 23.7 Å². The minimum Gasteiger partial charge on any atom is -0.379 e. The van der Waals surface area contributed by atoms with E-state index in [9.17, 15) is 13.2 Å². The first-order valence-electron chi connectivity index (χ1n) is 8.83. The topological polar surface area (TPSA) is 102 Å². The van der Waals surface area contributed by atoms with Crippen molar-refractivity contribution in [3.8, 4) is 0 Å². The van der Waals surface area contributed by atoms with E-state index in [4.69, 9.17) is 22.1 Å². The van der Waals surface area contributed by atoms with E-state index in [0.717, 1.165) is 5.56 Å². The first-order valence-corrected chi connectivity index (χ1v) is 10.7. The molecule has 1 aliphatic heterocycles. The molecule has 1 atom stereocenters. The second kappa shape index (κ2) is 9.02. The van der Waals surface area contributed by atoms with E-state index in [1.165, 1.54) is 24.3 Å². The molecule has 2 aromatic carbocycles. The van der Waals surface area contributed by atoms with Gasteiger partial charge in [-0.05, 0) is 42.0 Å². The molecule has 1 heterocycles. The first-order chi connectivity index (χ1) is 13.4. The van der Waals surface area contributed by atoms with Crippen LogP contribution < -0.4 is 10.5 Å². The van der Waals surface area contributed by atoms with Crippen LogP contribution >= 0.6 is 11.6 Å². The van der Waals surface area contributed by atoms with Gasteiger partial charge in [0.15, 0.2) is 0 Å². The highest BCUT2D eigenvalue weighted by Crippen LogP contribution is 2.24. The van der Waals surface area contributed by atoms with Gasteiger partial charge in [-0.3, -0.25) is 9.69 Å². The summed E-state index contributed by atoms with van der Waals surface area (Å²) >= 11 is 6.13. The number of amides is 1. The summed E-state index contributed by atoms with van der Waals surface area (Å²) < 4.78 is 33.5. The summed E-state index contributed by atoms with van der Waals surface area (Å²) in [6.07, 6.45) is 0. The number of ether oxygens (including phenoxy) is 1. The molecule has 1 aliphatic rings. The number of nitrogens with two attached hydrogens (primary N) is 1. The van der Waals surface area contributed by atoms with E-state index in [-0.39, 0.29) is 23.0 Å². The Morgan fingerprint density at radius 2 is 1.86 bits per heavy atom. The van der Waals surface area contributed by atoms with Crippen molar-refractivity contribution in [3.05, 3.63) is 64.7 Å². The van der Waals surface area contributed by atoms with Crippen LogP contribution in [0.25, 0.3) is 0 Å². The molecule has 28 heavy (non-hydrogen) atoms. The Kier molecular flexibility index (Phi) is 6.69. The highest BCUT2D eigenvalue weighted by molar-refractivity contribution is 7.89. The van der Waals surface area contributed by atoms with E-state index in [0.29, 0.717) is 31.3 Å². The Morgan fingerprint density at radius 3 is 2.46 bits per heavy atom. The van der Waals surface area contributed by atoms with Crippen LogP contribution in [-0.2, 0) is 14.8 Å². The zero-order valence-corrected chi connectivity index (χ0v) is 16.7. The third-order valence-corrected chi connectivity index (χ3v) is 6.31. The lowest BCUT2D eigenvalue weighted by Crippen LogP contribution is -2.43. The zero-order valence-electron chi connectivity index (χ0n) is 15.2. The quantitative estimate of drug-likeness (QED) is 0.706. The Balaban J connectivity index is 1.79. The number of morpholine rings is 1. The van der Waals surface area contributed by atoms with Crippen molar-refractivity contribution in [2.24, 2.45) is 5.73 Å². The summed E-state index contributed by atoms with van der Waals surface area (Å²) in [6.45, 7) is 2.77. The van der Waals surface area contributed by atoms with Crippen LogP contribution in [0, 0.1) is 0 Å². The van der Waals surface area contributed by atoms with Crippen LogP contribution in [0.15, 0.2) is 53.4 Å². The summed E-state index contributed by atoms with van der Waals surface area (Å²) in [7, 11) is -3.75. The molecule has 0 radical (unpaired) electrons. The molecule has 1 fully saturated rings. The number of benzene rings is 2. The summed E-state index contributed by atoms with van der Waals surface area (Å²) in [5.74, 6) is -0.606. The van der Waals surface area contributed by atoms with Gasteiger partial charge in [0.05, 0.1) is 18.1 Å². The molecular formula is C19H22ClN3O4S. The molecule has 7 nitrogen and oxygen atoms in total. The van der Waals surface area contributed by atoms with Crippen molar-refractivity contribution in [1.82, 2.24) is 9.62 Å². The van der Waals surface area contributed by atoms with Gasteiger partial charge in [-0.25, -0.2) is 13.1 Å². The molecule has 3 rings (SSSR count). The first kappa shape index (κ1) is 20.8. The average molecular weight is 424 g/mol. The molecule has 1 unspecified atom stereocenters. The number of carbonyl (C=O) groups is 1. The van der Waals surface area contributed by atoms with Gasteiger partial charge in [0.25, 0.3) is 0 Å². The SMILES string of the molecule is NC(=O)c1ccc(S(=O)(=O)NCC(c2cccc(Cl)c2)N2CCOCC2)cc1. The van der Waals surface area contributed by atoms with Crippen molar-refractivity contribution in [1.29, 1.82) is 0 Å². The average Bonchev–Trinajstić information content (AvgIpc) is 2.69. The van der Waals surface area contributed by atoms with Crippen LogP contribution in [0.2, 0.25) is 5.02 Å². The number of carbonyl (C=O) groups excluding carboxylic acids is 1. The number of rotatable bonds is 7. The number of primary amides is 1. The minimum absolute atomic E-state index is 0.0734. The largest absolute Gasteiger partial charge is 0.379 e. The zero-order chi connectivity index (χ0) is 20.1. The fraction of sp³-hybridized carbons (Fsp3) is 0.316. The Labute approximate surface area is 169 Å². The van der Waals surface area contributed by atoms with Crippen molar-refractivity contribution >= 4 is 27.5 Å². The molecule has 0 saturated carbocycles. The Hall–Kier alpha value is -1.97. The normalized spacial score (nSPS) is 16.6. The number of hydrogen-bond donors (Lipinski definition) is 2. The van der Waals surface area contributed by atoms with E-state index in [1.807, 2.05) is 18.2 Å². The number of halogens is 1. The third kappa shape index (κ3) is 5.09. The lowest BCUT2D eigenvalue weighted by atomic mass is 10.1. The van der Waals surface area contributed by atoms with Crippen molar-refractivity contribution in [3.63, 3.8) is 0 Å². The van der Waals surface area contributed by atoms with E-state index < -0.39 is 15.9 Å². The van der Waals surface area contributed by atoms with Gasteiger partial charge in [0, 0.05) is 36.3 Å². The maximum atomic E-state index is 12.7. The molecule has 0 spiro atoms. The molecule has 9 heteroatoms. The van der Waals surface area contributed by atoms with Gasteiger partial charge < -0.3 is 10.5 Å². The third-order valence-electron chi connectivity index (χ3n) is 4.64. The summed E-state index contributed by atoms with van der Waals surface area (Å²) in [6, 6.07) is 12.8. The second-order valence-electron chi connectivity index (χ2n) is 6.46. The smallest absolute Gasteiger partial charge is 0.248 e. The Bertz CT molecular complexity index is 928. The predicted octanol–water partition coefficient (Wildman–Crippen LogP) is 1.79. The second-order valence-corrected chi connectivity index (χ2v) is 8.66. The van der Waals surface area contributed by atoms with E-state index in [2.05, 4.69) is 9.62 Å². The highest BCUT2D eigenvalue weighted by atomic mass is 35.5. The van der Waals surface area contributed by atoms with Gasteiger partial charge in [0.2, 0.25) is 15.9 Å². The number of hydrogen-bond acceptors (Lipinski definition) is 5. The van der Waals surface area contributed by atoms with Gasteiger partial charge in [-0.15, -0.1) is 0 Å². The van der Waals surface area contributed by atoms with Crippen LogP contribution in [0.5, 0.6) is 0 Å². The lowest BCUT2D eigenvalue weighted by molar-refractivity contribution is 0.0172. The molecule has 1 amide bonds. The summed E-state index contributed by atoms with van der Waals surface area (Å²) in [5, 5.41) is 0.598. The van der Waals surface area contributed by atoms with Crippen LogP contribution in [0.3, 0.4) is 0 Å². The van der Waals surface area contributed by atoms with Crippen LogP contribution in [0.4, 0.5) is 0 Å². The highest BCUT2D eigenvalue weighted by Gasteiger charge is 2.25.